The second-order valence-electron chi connectivity index (χ2n) is 3.84. The topological polar surface area (TPSA) is 26.0 Å². The monoisotopic (exact) mass is 325 g/mol. The van der Waals surface area contributed by atoms with Gasteiger partial charge in [0.1, 0.15) is 5.82 Å². The summed E-state index contributed by atoms with van der Waals surface area (Å²) >= 11 is 4.93. The van der Waals surface area contributed by atoms with Crippen LogP contribution in [0, 0.1) is 5.82 Å². The summed E-state index contributed by atoms with van der Waals surface area (Å²) < 4.78 is 14.5. The fraction of sp³-hybridized carbons (Fsp3) is 0.143. The van der Waals surface area contributed by atoms with E-state index in [-0.39, 0.29) is 5.82 Å². The van der Waals surface area contributed by atoms with E-state index in [0.717, 1.165) is 15.8 Å². The van der Waals surface area contributed by atoms with Crippen LogP contribution in [0.1, 0.15) is 5.56 Å². The van der Waals surface area contributed by atoms with Gasteiger partial charge in [-0.15, -0.1) is 0 Å². The Labute approximate surface area is 119 Å². The lowest BCUT2D eigenvalue weighted by Crippen LogP contribution is -2.02. The molecular weight excluding hydrogens is 313 g/mol. The first-order valence-corrected chi connectivity index (χ1v) is 7.22. The molecule has 0 saturated carbocycles. The Morgan fingerprint density at radius 1 is 1.11 bits per heavy atom. The zero-order valence-electron chi connectivity index (χ0n) is 9.70. The largest absolute Gasteiger partial charge is 0.330 e. The zero-order valence-corrected chi connectivity index (χ0v) is 12.1. The SMILES string of the molecule is NCCc1ccc(Sc2ccccc2F)c(Br)c1. The molecule has 0 fully saturated rings. The van der Waals surface area contributed by atoms with Crippen molar-refractivity contribution in [3.8, 4) is 0 Å². The molecule has 2 aromatic rings. The Bertz CT molecular complexity index is 545. The Kier molecular flexibility index (Phi) is 4.80. The van der Waals surface area contributed by atoms with E-state index in [4.69, 9.17) is 5.73 Å². The van der Waals surface area contributed by atoms with Gasteiger partial charge in [-0.25, -0.2) is 4.39 Å². The minimum atomic E-state index is -0.194. The Morgan fingerprint density at radius 2 is 1.89 bits per heavy atom. The molecule has 4 heteroatoms. The van der Waals surface area contributed by atoms with Crippen LogP contribution in [0.25, 0.3) is 0 Å². The minimum Gasteiger partial charge on any atom is -0.330 e. The maximum Gasteiger partial charge on any atom is 0.137 e. The highest BCUT2D eigenvalue weighted by Crippen LogP contribution is 2.35. The first-order chi connectivity index (χ1) is 8.70. The molecule has 0 amide bonds. The Morgan fingerprint density at radius 3 is 2.56 bits per heavy atom. The highest BCUT2D eigenvalue weighted by Gasteiger charge is 2.07. The molecule has 0 radical (unpaired) electrons. The number of halogens is 2. The average Bonchev–Trinajstić information content (AvgIpc) is 2.35. The number of benzene rings is 2. The van der Waals surface area contributed by atoms with Crippen LogP contribution < -0.4 is 5.73 Å². The summed E-state index contributed by atoms with van der Waals surface area (Å²) in [6.07, 6.45) is 0.850. The molecular formula is C14H13BrFNS. The third-order valence-electron chi connectivity index (χ3n) is 2.49. The van der Waals surface area contributed by atoms with Crippen molar-refractivity contribution < 1.29 is 4.39 Å². The van der Waals surface area contributed by atoms with E-state index < -0.39 is 0 Å². The van der Waals surface area contributed by atoms with Crippen molar-refractivity contribution in [1.82, 2.24) is 0 Å². The molecule has 0 heterocycles. The van der Waals surface area contributed by atoms with Crippen molar-refractivity contribution in [3.05, 3.63) is 58.3 Å². The van der Waals surface area contributed by atoms with E-state index in [9.17, 15) is 4.39 Å². The van der Waals surface area contributed by atoms with Crippen molar-refractivity contribution >= 4 is 27.7 Å². The highest BCUT2D eigenvalue weighted by molar-refractivity contribution is 9.10. The van der Waals surface area contributed by atoms with Crippen LogP contribution in [-0.2, 0) is 6.42 Å². The van der Waals surface area contributed by atoms with E-state index >= 15 is 0 Å². The van der Waals surface area contributed by atoms with Gasteiger partial charge in [0.2, 0.25) is 0 Å². The molecule has 0 aromatic heterocycles. The predicted molar refractivity (Wildman–Crippen MR) is 77.4 cm³/mol. The van der Waals surface area contributed by atoms with Crippen LogP contribution in [0.4, 0.5) is 4.39 Å². The first kappa shape index (κ1) is 13.6. The number of hydrogen-bond acceptors (Lipinski definition) is 2. The summed E-state index contributed by atoms with van der Waals surface area (Å²) in [6, 6.07) is 12.8. The van der Waals surface area contributed by atoms with Gasteiger partial charge in [0.25, 0.3) is 0 Å². The van der Waals surface area contributed by atoms with Gasteiger partial charge < -0.3 is 5.73 Å². The molecule has 0 aliphatic carbocycles. The second-order valence-corrected chi connectivity index (χ2v) is 5.77. The molecule has 1 nitrogen and oxygen atoms in total. The maximum absolute atomic E-state index is 13.6. The van der Waals surface area contributed by atoms with Gasteiger partial charge in [0.05, 0.1) is 0 Å². The Balaban J connectivity index is 2.22. The molecule has 18 heavy (non-hydrogen) atoms. The van der Waals surface area contributed by atoms with Crippen molar-refractivity contribution in [2.75, 3.05) is 6.54 Å². The summed E-state index contributed by atoms with van der Waals surface area (Å²) in [5, 5.41) is 0. The molecule has 2 aromatic carbocycles. The van der Waals surface area contributed by atoms with Crippen LogP contribution in [0.5, 0.6) is 0 Å². The summed E-state index contributed by atoms with van der Waals surface area (Å²) in [4.78, 5) is 1.63. The van der Waals surface area contributed by atoms with Crippen molar-refractivity contribution in [2.45, 2.75) is 16.2 Å². The maximum atomic E-state index is 13.6. The van der Waals surface area contributed by atoms with Crippen LogP contribution in [-0.4, -0.2) is 6.54 Å². The highest BCUT2D eigenvalue weighted by atomic mass is 79.9. The fourth-order valence-electron chi connectivity index (χ4n) is 1.60. The predicted octanol–water partition coefficient (Wildman–Crippen LogP) is 4.24. The molecule has 0 atom stereocenters. The molecule has 0 bridgehead atoms. The van der Waals surface area contributed by atoms with Gasteiger partial charge in [-0.2, -0.15) is 0 Å². The molecule has 0 aliphatic rings. The quantitative estimate of drug-likeness (QED) is 0.909. The van der Waals surface area contributed by atoms with Gasteiger partial charge >= 0.3 is 0 Å². The molecule has 0 saturated heterocycles. The van der Waals surface area contributed by atoms with Crippen molar-refractivity contribution in [2.24, 2.45) is 5.73 Å². The molecule has 0 aliphatic heterocycles. The number of rotatable bonds is 4. The lowest BCUT2D eigenvalue weighted by Gasteiger charge is -2.07. The molecule has 2 N–H and O–H groups in total. The zero-order chi connectivity index (χ0) is 13.0. The van der Waals surface area contributed by atoms with Gasteiger partial charge in [-0.05, 0) is 58.7 Å². The third kappa shape index (κ3) is 3.34. The van der Waals surface area contributed by atoms with Crippen molar-refractivity contribution in [1.29, 1.82) is 0 Å². The van der Waals surface area contributed by atoms with E-state index in [2.05, 4.69) is 15.9 Å². The fourth-order valence-corrected chi connectivity index (χ4v) is 3.11. The molecule has 0 spiro atoms. The Hall–Kier alpha value is -0.840. The smallest absolute Gasteiger partial charge is 0.137 e. The van der Waals surface area contributed by atoms with Crippen LogP contribution in [0.15, 0.2) is 56.7 Å². The first-order valence-electron chi connectivity index (χ1n) is 5.61. The van der Waals surface area contributed by atoms with Crippen LogP contribution in [0.3, 0.4) is 0 Å². The molecule has 94 valence electrons. The average molecular weight is 326 g/mol. The van der Waals surface area contributed by atoms with Crippen LogP contribution >= 0.6 is 27.7 Å². The van der Waals surface area contributed by atoms with Gasteiger partial charge in [0.15, 0.2) is 0 Å². The summed E-state index contributed by atoms with van der Waals surface area (Å²) in [7, 11) is 0. The van der Waals surface area contributed by atoms with E-state index in [0.29, 0.717) is 11.4 Å². The lowest BCUT2D eigenvalue weighted by molar-refractivity contribution is 0.602. The van der Waals surface area contributed by atoms with Gasteiger partial charge in [0, 0.05) is 14.3 Å². The summed E-state index contributed by atoms with van der Waals surface area (Å²) in [5.74, 6) is -0.194. The van der Waals surface area contributed by atoms with E-state index in [1.165, 1.54) is 23.4 Å². The number of nitrogens with two attached hydrogens (primary N) is 1. The lowest BCUT2D eigenvalue weighted by atomic mass is 10.2. The van der Waals surface area contributed by atoms with E-state index in [1.807, 2.05) is 24.3 Å². The van der Waals surface area contributed by atoms with Crippen LogP contribution in [0.2, 0.25) is 0 Å². The summed E-state index contributed by atoms with van der Waals surface area (Å²) in [5.41, 5.74) is 6.70. The van der Waals surface area contributed by atoms with Gasteiger partial charge in [-0.1, -0.05) is 30.0 Å². The molecule has 2 rings (SSSR count). The second kappa shape index (κ2) is 6.36. The number of hydrogen-bond donors (Lipinski definition) is 1. The normalized spacial score (nSPS) is 10.6. The minimum absolute atomic E-state index is 0.194. The summed E-state index contributed by atoms with van der Waals surface area (Å²) in [6.45, 7) is 0.631. The van der Waals surface area contributed by atoms with Crippen molar-refractivity contribution in [3.63, 3.8) is 0 Å². The van der Waals surface area contributed by atoms with E-state index in [1.54, 1.807) is 12.1 Å². The molecule has 0 unspecified atom stereocenters. The van der Waals surface area contributed by atoms with Gasteiger partial charge in [-0.3, -0.25) is 0 Å². The third-order valence-corrected chi connectivity index (χ3v) is 4.53. The standard InChI is InChI=1S/C14H13BrFNS/c15-11-9-10(7-8-17)5-6-13(11)18-14-4-2-1-3-12(14)16/h1-6,9H,7-8,17H2.